The van der Waals surface area contributed by atoms with Crippen LogP contribution in [0.15, 0.2) is 59.6 Å². The first-order valence-electron chi connectivity index (χ1n) is 6.35. The van der Waals surface area contributed by atoms with Crippen molar-refractivity contribution in [2.75, 3.05) is 6.54 Å². The summed E-state index contributed by atoms with van der Waals surface area (Å²) in [6.45, 7) is 0.728. The van der Waals surface area contributed by atoms with Crippen LogP contribution in [-0.4, -0.2) is 12.4 Å². The van der Waals surface area contributed by atoms with Crippen molar-refractivity contribution in [1.82, 2.24) is 0 Å². The third-order valence-corrected chi connectivity index (χ3v) is 3.16. The van der Waals surface area contributed by atoms with E-state index >= 15 is 0 Å². The molecule has 3 rings (SSSR count). The van der Waals surface area contributed by atoms with Gasteiger partial charge in [0, 0.05) is 18.5 Å². The molecule has 96 valence electrons. The van der Waals surface area contributed by atoms with Crippen LogP contribution in [0.1, 0.15) is 23.7 Å². The summed E-state index contributed by atoms with van der Waals surface area (Å²) in [5, 5.41) is 0. The van der Waals surface area contributed by atoms with Crippen LogP contribution < -0.4 is 0 Å². The van der Waals surface area contributed by atoms with Gasteiger partial charge in [0.25, 0.3) is 0 Å². The van der Waals surface area contributed by atoms with Gasteiger partial charge in [-0.3, -0.25) is 4.99 Å². The van der Waals surface area contributed by atoms with E-state index in [4.69, 9.17) is 4.74 Å². The molecule has 2 aromatic rings. The molecule has 3 heteroatoms. The van der Waals surface area contributed by atoms with E-state index in [2.05, 4.69) is 17.1 Å². The molecule has 2 aromatic carbocycles. The highest BCUT2D eigenvalue weighted by Gasteiger charge is 2.20. The van der Waals surface area contributed by atoms with Gasteiger partial charge < -0.3 is 4.74 Å². The Morgan fingerprint density at radius 1 is 1.00 bits per heavy atom. The molecule has 1 atom stereocenters. The molecular weight excluding hydrogens is 241 g/mol. The summed E-state index contributed by atoms with van der Waals surface area (Å²) in [4.78, 5) is 4.38. The van der Waals surface area contributed by atoms with Gasteiger partial charge >= 0.3 is 0 Å². The Bertz CT molecular complexity index is 577. The van der Waals surface area contributed by atoms with Gasteiger partial charge in [-0.05, 0) is 29.8 Å². The molecule has 2 nitrogen and oxygen atoms in total. The number of halogens is 1. The van der Waals surface area contributed by atoms with Crippen molar-refractivity contribution >= 4 is 5.90 Å². The van der Waals surface area contributed by atoms with Gasteiger partial charge in [-0.2, -0.15) is 0 Å². The van der Waals surface area contributed by atoms with Crippen LogP contribution in [0.4, 0.5) is 4.39 Å². The molecular formula is C16H14FNO. The molecule has 19 heavy (non-hydrogen) atoms. The molecule has 0 radical (unpaired) electrons. The molecule has 0 amide bonds. The molecule has 0 spiro atoms. The van der Waals surface area contributed by atoms with E-state index in [1.165, 1.54) is 12.1 Å². The molecule has 1 aliphatic rings. The van der Waals surface area contributed by atoms with Crippen LogP contribution in [0.2, 0.25) is 0 Å². The minimum absolute atomic E-state index is 0.0266. The van der Waals surface area contributed by atoms with Crippen LogP contribution in [-0.2, 0) is 4.74 Å². The highest BCUT2D eigenvalue weighted by Crippen LogP contribution is 2.26. The van der Waals surface area contributed by atoms with E-state index in [9.17, 15) is 4.39 Å². The van der Waals surface area contributed by atoms with Gasteiger partial charge in [-0.15, -0.1) is 0 Å². The zero-order valence-corrected chi connectivity index (χ0v) is 10.4. The lowest BCUT2D eigenvalue weighted by molar-refractivity contribution is 0.170. The number of ether oxygens (including phenoxy) is 1. The molecule has 0 bridgehead atoms. The molecule has 0 aliphatic carbocycles. The first-order valence-corrected chi connectivity index (χ1v) is 6.35. The second-order valence-corrected chi connectivity index (χ2v) is 4.50. The van der Waals surface area contributed by atoms with Gasteiger partial charge in [0.1, 0.15) is 11.9 Å². The lowest BCUT2D eigenvalue weighted by Gasteiger charge is -2.24. The summed E-state index contributed by atoms with van der Waals surface area (Å²) in [6.07, 6.45) is 0.896. The van der Waals surface area contributed by atoms with Crippen LogP contribution >= 0.6 is 0 Å². The average molecular weight is 255 g/mol. The maximum Gasteiger partial charge on any atom is 0.216 e. The van der Waals surface area contributed by atoms with Crippen molar-refractivity contribution in [3.05, 3.63) is 71.5 Å². The molecule has 0 fully saturated rings. The van der Waals surface area contributed by atoms with Crippen molar-refractivity contribution in [3.63, 3.8) is 0 Å². The van der Waals surface area contributed by atoms with Gasteiger partial charge in [0.2, 0.25) is 5.90 Å². The fourth-order valence-electron chi connectivity index (χ4n) is 2.17. The lowest BCUT2D eigenvalue weighted by atomic mass is 10.1. The van der Waals surface area contributed by atoms with Crippen molar-refractivity contribution in [2.45, 2.75) is 12.5 Å². The van der Waals surface area contributed by atoms with Crippen LogP contribution in [0.5, 0.6) is 0 Å². The minimum atomic E-state index is -0.250. The first kappa shape index (κ1) is 11.9. The molecule has 1 aliphatic heterocycles. The number of nitrogens with zero attached hydrogens (tertiary/aromatic N) is 1. The van der Waals surface area contributed by atoms with Crippen molar-refractivity contribution in [3.8, 4) is 0 Å². The minimum Gasteiger partial charge on any atom is -0.469 e. The number of hydrogen-bond donors (Lipinski definition) is 0. The van der Waals surface area contributed by atoms with Gasteiger partial charge in [-0.25, -0.2) is 4.39 Å². The molecule has 1 heterocycles. The van der Waals surface area contributed by atoms with E-state index in [1.54, 1.807) is 12.1 Å². The maximum absolute atomic E-state index is 12.9. The third kappa shape index (κ3) is 2.65. The smallest absolute Gasteiger partial charge is 0.216 e. The molecule has 0 N–H and O–H groups in total. The Labute approximate surface area is 111 Å². The Morgan fingerprint density at radius 2 is 1.74 bits per heavy atom. The standard InChI is InChI=1S/C16H14FNO/c17-14-8-6-13(7-9-14)16-18-11-10-15(19-16)12-4-2-1-3-5-12/h1-9,15H,10-11H2/t15-/m0/s1. The van der Waals surface area contributed by atoms with E-state index in [0.717, 1.165) is 24.1 Å². The largest absolute Gasteiger partial charge is 0.469 e. The summed E-state index contributed by atoms with van der Waals surface area (Å²) in [5.41, 5.74) is 1.97. The lowest BCUT2D eigenvalue weighted by Crippen LogP contribution is -2.19. The molecule has 0 saturated heterocycles. The van der Waals surface area contributed by atoms with E-state index in [-0.39, 0.29) is 11.9 Å². The number of hydrogen-bond acceptors (Lipinski definition) is 2. The summed E-state index contributed by atoms with van der Waals surface area (Å²) in [6, 6.07) is 16.3. The quantitative estimate of drug-likeness (QED) is 0.801. The Morgan fingerprint density at radius 3 is 2.47 bits per heavy atom. The first-order chi connectivity index (χ1) is 9.33. The predicted octanol–water partition coefficient (Wildman–Crippen LogP) is 3.73. The van der Waals surface area contributed by atoms with Crippen molar-refractivity contribution < 1.29 is 9.13 Å². The molecule has 0 unspecified atom stereocenters. The monoisotopic (exact) mass is 255 g/mol. The topological polar surface area (TPSA) is 21.6 Å². The Balaban J connectivity index is 1.82. The zero-order chi connectivity index (χ0) is 13.1. The zero-order valence-electron chi connectivity index (χ0n) is 10.4. The second-order valence-electron chi connectivity index (χ2n) is 4.50. The number of benzene rings is 2. The fraction of sp³-hybridized carbons (Fsp3) is 0.188. The van der Waals surface area contributed by atoms with E-state index in [1.807, 2.05) is 18.2 Å². The van der Waals surface area contributed by atoms with E-state index in [0.29, 0.717) is 5.90 Å². The average Bonchev–Trinajstić information content (AvgIpc) is 2.49. The Hall–Kier alpha value is -2.16. The van der Waals surface area contributed by atoms with Crippen LogP contribution in [0.25, 0.3) is 0 Å². The second kappa shape index (κ2) is 5.22. The fourth-order valence-corrected chi connectivity index (χ4v) is 2.17. The maximum atomic E-state index is 12.9. The van der Waals surface area contributed by atoms with Gasteiger partial charge in [-0.1, -0.05) is 30.3 Å². The third-order valence-electron chi connectivity index (χ3n) is 3.16. The highest BCUT2D eigenvalue weighted by atomic mass is 19.1. The SMILES string of the molecule is Fc1ccc(C2=NCC[C@@H](c3ccccc3)O2)cc1. The number of aliphatic imine (C=N–C) groups is 1. The van der Waals surface area contributed by atoms with Crippen molar-refractivity contribution in [1.29, 1.82) is 0 Å². The summed E-state index contributed by atoms with van der Waals surface area (Å²) < 4.78 is 18.8. The van der Waals surface area contributed by atoms with Crippen molar-refractivity contribution in [2.24, 2.45) is 4.99 Å². The predicted molar refractivity (Wildman–Crippen MR) is 72.7 cm³/mol. The summed E-state index contributed by atoms with van der Waals surface area (Å²) >= 11 is 0. The summed E-state index contributed by atoms with van der Waals surface area (Å²) in [5.74, 6) is 0.347. The normalized spacial score (nSPS) is 18.6. The highest BCUT2D eigenvalue weighted by molar-refractivity contribution is 5.94. The number of rotatable bonds is 2. The van der Waals surface area contributed by atoms with Gasteiger partial charge in [0.05, 0.1) is 0 Å². The molecule has 0 saturated carbocycles. The summed E-state index contributed by atoms with van der Waals surface area (Å²) in [7, 11) is 0. The van der Waals surface area contributed by atoms with Crippen LogP contribution in [0.3, 0.4) is 0 Å². The van der Waals surface area contributed by atoms with E-state index < -0.39 is 0 Å². The van der Waals surface area contributed by atoms with Gasteiger partial charge in [0.15, 0.2) is 0 Å². The Kier molecular flexibility index (Phi) is 3.27. The molecule has 0 aromatic heterocycles. The van der Waals surface area contributed by atoms with Crippen LogP contribution in [0, 0.1) is 5.82 Å².